The van der Waals surface area contributed by atoms with Crippen molar-refractivity contribution in [3.63, 3.8) is 0 Å². The number of aromatic nitrogens is 1. The first-order valence-electron chi connectivity index (χ1n) is 5.15. The topological polar surface area (TPSA) is 83.6 Å². The Hall–Kier alpha value is -1.67. The van der Waals surface area contributed by atoms with Crippen LogP contribution in [0.4, 0.5) is 0 Å². The van der Waals surface area contributed by atoms with Gasteiger partial charge in [0, 0.05) is 27.8 Å². The van der Waals surface area contributed by atoms with E-state index < -0.39 is 5.97 Å². The molecular weight excluding hydrogens is 336 g/mol. The third kappa shape index (κ3) is 3.21. The zero-order chi connectivity index (χ0) is 14.0. The second kappa shape index (κ2) is 5.54. The average molecular weight is 345 g/mol. The van der Waals surface area contributed by atoms with E-state index in [2.05, 4.69) is 25.6 Å². The van der Waals surface area contributed by atoms with Crippen molar-refractivity contribution in [3.8, 4) is 0 Å². The van der Waals surface area contributed by atoms with E-state index in [1.807, 2.05) is 11.4 Å². The average Bonchev–Trinajstić information content (AvgIpc) is 2.97. The van der Waals surface area contributed by atoms with Crippen LogP contribution in [-0.2, 0) is 6.54 Å². The number of carbonyl (C=O) groups excluding carboxylic acids is 1. The molecule has 6 nitrogen and oxygen atoms in total. The number of rotatable bonds is 4. The summed E-state index contributed by atoms with van der Waals surface area (Å²) in [6.07, 6.45) is 0. The fourth-order valence-electron chi connectivity index (χ4n) is 1.41. The Morgan fingerprint density at radius 3 is 2.79 bits per heavy atom. The largest absolute Gasteiger partial charge is 0.475 e. The normalized spacial score (nSPS) is 10.4. The number of aromatic carboxylic acids is 1. The summed E-state index contributed by atoms with van der Waals surface area (Å²) in [6, 6.07) is 3.03. The number of thiophene rings is 1. The maximum atomic E-state index is 12.0. The maximum Gasteiger partial charge on any atom is 0.374 e. The van der Waals surface area contributed by atoms with Crippen LogP contribution in [0.1, 0.15) is 25.9 Å². The summed E-state index contributed by atoms with van der Waals surface area (Å²) < 4.78 is 5.51. The zero-order valence-electron chi connectivity index (χ0n) is 9.79. The lowest BCUT2D eigenvalue weighted by molar-refractivity contribution is 0.0649. The van der Waals surface area contributed by atoms with Gasteiger partial charge in [-0.2, -0.15) is 0 Å². The highest BCUT2D eigenvalue weighted by molar-refractivity contribution is 9.10. The summed E-state index contributed by atoms with van der Waals surface area (Å²) in [6.45, 7) is 0.421. The highest BCUT2D eigenvalue weighted by Crippen LogP contribution is 2.21. The summed E-state index contributed by atoms with van der Waals surface area (Å²) in [5.41, 5.74) is -0.0180. The molecule has 19 heavy (non-hydrogen) atoms. The SMILES string of the molecule is CN(Cc1cc(Br)cs1)C(=O)c1cc(C(=O)O)on1. The van der Waals surface area contributed by atoms with Gasteiger partial charge in [0.05, 0.1) is 6.54 Å². The second-order valence-electron chi connectivity index (χ2n) is 3.77. The molecule has 2 aromatic rings. The van der Waals surface area contributed by atoms with Crippen LogP contribution in [0, 0.1) is 0 Å². The summed E-state index contributed by atoms with van der Waals surface area (Å²) in [7, 11) is 1.62. The molecule has 0 fully saturated rings. The van der Waals surface area contributed by atoms with Gasteiger partial charge < -0.3 is 14.5 Å². The van der Waals surface area contributed by atoms with Crippen LogP contribution in [0.5, 0.6) is 0 Å². The number of carbonyl (C=O) groups is 2. The Balaban J connectivity index is 2.07. The van der Waals surface area contributed by atoms with Gasteiger partial charge in [-0.1, -0.05) is 5.16 Å². The molecule has 100 valence electrons. The predicted molar refractivity (Wildman–Crippen MR) is 71.3 cm³/mol. The lowest BCUT2D eigenvalue weighted by atomic mass is 10.3. The van der Waals surface area contributed by atoms with E-state index in [1.54, 1.807) is 7.05 Å². The minimum Gasteiger partial charge on any atom is -0.475 e. The van der Waals surface area contributed by atoms with Crippen LogP contribution in [0.3, 0.4) is 0 Å². The molecule has 0 aliphatic rings. The first-order chi connectivity index (χ1) is 8.97. The molecule has 0 aliphatic carbocycles. The highest BCUT2D eigenvalue weighted by Gasteiger charge is 2.20. The van der Waals surface area contributed by atoms with Gasteiger partial charge in [-0.15, -0.1) is 11.3 Å². The van der Waals surface area contributed by atoms with Crippen LogP contribution >= 0.6 is 27.3 Å². The quantitative estimate of drug-likeness (QED) is 0.920. The van der Waals surface area contributed by atoms with E-state index in [0.29, 0.717) is 6.54 Å². The van der Waals surface area contributed by atoms with Gasteiger partial charge in [-0.05, 0) is 22.0 Å². The number of hydrogen-bond acceptors (Lipinski definition) is 5. The predicted octanol–water partition coefficient (Wildman–Crippen LogP) is 2.47. The molecule has 0 saturated heterocycles. The second-order valence-corrected chi connectivity index (χ2v) is 5.69. The van der Waals surface area contributed by atoms with Crippen LogP contribution in [0.25, 0.3) is 0 Å². The number of hydrogen-bond donors (Lipinski definition) is 1. The monoisotopic (exact) mass is 344 g/mol. The van der Waals surface area contributed by atoms with Gasteiger partial charge in [0.15, 0.2) is 5.69 Å². The first kappa shape index (κ1) is 13.8. The van der Waals surface area contributed by atoms with Gasteiger partial charge in [0.1, 0.15) is 0 Å². The van der Waals surface area contributed by atoms with Crippen molar-refractivity contribution >= 4 is 39.1 Å². The van der Waals surface area contributed by atoms with E-state index >= 15 is 0 Å². The van der Waals surface area contributed by atoms with E-state index in [-0.39, 0.29) is 17.4 Å². The van der Waals surface area contributed by atoms with E-state index in [1.165, 1.54) is 16.2 Å². The smallest absolute Gasteiger partial charge is 0.374 e. The molecule has 1 N–H and O–H groups in total. The van der Waals surface area contributed by atoms with Gasteiger partial charge in [0.2, 0.25) is 5.76 Å². The summed E-state index contributed by atoms with van der Waals surface area (Å²) in [5.74, 6) is -1.99. The van der Waals surface area contributed by atoms with Crippen LogP contribution < -0.4 is 0 Å². The first-order valence-corrected chi connectivity index (χ1v) is 6.83. The van der Waals surface area contributed by atoms with Crippen LogP contribution in [-0.4, -0.2) is 34.1 Å². The Bertz CT molecular complexity index is 622. The van der Waals surface area contributed by atoms with Crippen molar-refractivity contribution < 1.29 is 19.2 Å². The fourth-order valence-corrected chi connectivity index (χ4v) is 2.92. The lowest BCUT2D eigenvalue weighted by Gasteiger charge is -2.13. The van der Waals surface area contributed by atoms with E-state index in [4.69, 9.17) is 5.11 Å². The van der Waals surface area contributed by atoms with Crippen molar-refractivity contribution in [3.05, 3.63) is 38.3 Å². The molecule has 2 rings (SSSR count). The molecular formula is C11H9BrN2O4S. The Morgan fingerprint density at radius 1 is 1.53 bits per heavy atom. The molecule has 0 bridgehead atoms. The summed E-state index contributed by atoms with van der Waals surface area (Å²) in [4.78, 5) is 25.1. The third-order valence-electron chi connectivity index (χ3n) is 2.30. The van der Waals surface area contributed by atoms with E-state index in [0.717, 1.165) is 15.4 Å². The fraction of sp³-hybridized carbons (Fsp3) is 0.182. The minimum absolute atomic E-state index is 0.0180. The molecule has 2 aromatic heterocycles. The standard InChI is InChI=1S/C11H9BrN2O4S/c1-14(4-7-2-6(12)5-19-7)10(15)8-3-9(11(16)17)18-13-8/h2-3,5H,4H2,1H3,(H,16,17). The number of amides is 1. The Kier molecular flexibility index (Phi) is 4.01. The summed E-state index contributed by atoms with van der Waals surface area (Å²) in [5, 5.41) is 14.1. The number of carboxylic acids is 1. The molecule has 8 heteroatoms. The van der Waals surface area contributed by atoms with Gasteiger partial charge in [-0.25, -0.2) is 4.79 Å². The molecule has 2 heterocycles. The van der Waals surface area contributed by atoms with Crippen molar-refractivity contribution in [1.82, 2.24) is 10.1 Å². The molecule has 1 amide bonds. The molecule has 0 unspecified atom stereocenters. The molecule has 0 radical (unpaired) electrons. The van der Waals surface area contributed by atoms with Crippen molar-refractivity contribution in [2.45, 2.75) is 6.54 Å². The third-order valence-corrected chi connectivity index (χ3v) is 3.98. The molecule has 0 saturated carbocycles. The van der Waals surface area contributed by atoms with Crippen molar-refractivity contribution in [2.24, 2.45) is 0 Å². The van der Waals surface area contributed by atoms with Crippen LogP contribution in [0.2, 0.25) is 0 Å². The number of halogens is 1. The lowest BCUT2D eigenvalue weighted by Crippen LogP contribution is -2.26. The Labute approximate surface area is 120 Å². The molecule has 0 aliphatic heterocycles. The van der Waals surface area contributed by atoms with Crippen molar-refractivity contribution in [2.75, 3.05) is 7.05 Å². The van der Waals surface area contributed by atoms with Gasteiger partial charge in [-0.3, -0.25) is 4.79 Å². The molecule has 0 aromatic carbocycles. The summed E-state index contributed by atoms with van der Waals surface area (Å²) >= 11 is 4.86. The van der Waals surface area contributed by atoms with Crippen LogP contribution in [0.15, 0.2) is 26.5 Å². The highest BCUT2D eigenvalue weighted by atomic mass is 79.9. The molecule has 0 spiro atoms. The van der Waals surface area contributed by atoms with Gasteiger partial charge in [0.25, 0.3) is 5.91 Å². The number of nitrogens with zero attached hydrogens (tertiary/aromatic N) is 2. The Morgan fingerprint density at radius 2 is 2.26 bits per heavy atom. The molecule has 0 atom stereocenters. The maximum absolute atomic E-state index is 12.0. The zero-order valence-corrected chi connectivity index (χ0v) is 12.2. The number of carboxylic acid groups (broad SMARTS) is 1. The minimum atomic E-state index is -1.25. The van der Waals surface area contributed by atoms with Gasteiger partial charge >= 0.3 is 5.97 Å². The van der Waals surface area contributed by atoms with E-state index in [9.17, 15) is 9.59 Å². The van der Waals surface area contributed by atoms with Crippen molar-refractivity contribution in [1.29, 1.82) is 0 Å².